The molecule has 0 bridgehead atoms. The van der Waals surface area contributed by atoms with Crippen LogP contribution in [0, 0.1) is 0 Å². The molecule has 3 heterocycles. The Balaban J connectivity index is 1.99. The van der Waals surface area contributed by atoms with Crippen LogP contribution in [0.1, 0.15) is 12.8 Å². The molecular weight excluding hydrogens is 218 g/mol. The number of rotatable bonds is 2. The molecule has 1 fully saturated rings. The summed E-state index contributed by atoms with van der Waals surface area (Å²) in [6, 6.07) is 3.51. The normalized spacial score (nSPS) is 19.9. The van der Waals surface area contributed by atoms with Gasteiger partial charge in [0.1, 0.15) is 6.33 Å². The van der Waals surface area contributed by atoms with E-state index in [9.17, 15) is 4.79 Å². The lowest BCUT2D eigenvalue weighted by atomic mass is 10.2. The Morgan fingerprint density at radius 2 is 2.41 bits per heavy atom. The van der Waals surface area contributed by atoms with Gasteiger partial charge in [-0.05, 0) is 25.0 Å². The molecule has 1 unspecified atom stereocenters. The molecule has 1 aliphatic heterocycles. The van der Waals surface area contributed by atoms with E-state index in [1.165, 1.54) is 0 Å². The molecule has 0 aliphatic carbocycles. The molecule has 0 amide bonds. The fourth-order valence-electron chi connectivity index (χ4n) is 2.14. The topological polar surface area (TPSA) is 57.0 Å². The fourth-order valence-corrected chi connectivity index (χ4v) is 2.14. The SMILES string of the molecule is O=c1c2cccnc2ncn1CC1CCCO1. The van der Waals surface area contributed by atoms with Gasteiger partial charge in [0.2, 0.25) is 0 Å². The lowest BCUT2D eigenvalue weighted by molar-refractivity contribution is 0.0960. The van der Waals surface area contributed by atoms with E-state index in [0.717, 1.165) is 19.4 Å². The van der Waals surface area contributed by atoms with Gasteiger partial charge in [0, 0.05) is 12.8 Å². The third kappa shape index (κ3) is 1.93. The van der Waals surface area contributed by atoms with Crippen molar-refractivity contribution in [3.05, 3.63) is 35.0 Å². The average molecular weight is 231 g/mol. The van der Waals surface area contributed by atoms with Gasteiger partial charge in [-0.2, -0.15) is 0 Å². The molecule has 0 saturated carbocycles. The Kier molecular flexibility index (Phi) is 2.60. The standard InChI is InChI=1S/C12H13N3O2/c16-12-10-4-1-5-13-11(10)14-8-15(12)7-9-3-2-6-17-9/h1,4-5,8-9H,2-3,6-7H2. The zero-order valence-corrected chi connectivity index (χ0v) is 9.37. The van der Waals surface area contributed by atoms with Crippen molar-refractivity contribution in [1.29, 1.82) is 0 Å². The molecule has 0 N–H and O–H groups in total. The van der Waals surface area contributed by atoms with Gasteiger partial charge < -0.3 is 4.74 Å². The van der Waals surface area contributed by atoms with Gasteiger partial charge in [-0.25, -0.2) is 9.97 Å². The predicted octanol–water partition coefficient (Wildman–Crippen LogP) is 0.970. The highest BCUT2D eigenvalue weighted by Gasteiger charge is 2.17. The van der Waals surface area contributed by atoms with Crippen molar-refractivity contribution in [2.45, 2.75) is 25.5 Å². The molecule has 0 radical (unpaired) electrons. The van der Waals surface area contributed by atoms with Crippen molar-refractivity contribution in [2.24, 2.45) is 0 Å². The first kappa shape index (κ1) is 10.4. The van der Waals surface area contributed by atoms with Crippen LogP contribution in [-0.4, -0.2) is 27.2 Å². The molecule has 88 valence electrons. The second kappa shape index (κ2) is 4.25. The van der Waals surface area contributed by atoms with Crippen LogP contribution in [0.5, 0.6) is 0 Å². The van der Waals surface area contributed by atoms with Gasteiger partial charge in [0.25, 0.3) is 5.56 Å². The quantitative estimate of drug-likeness (QED) is 0.772. The predicted molar refractivity (Wildman–Crippen MR) is 62.8 cm³/mol. The van der Waals surface area contributed by atoms with Crippen molar-refractivity contribution in [2.75, 3.05) is 6.61 Å². The summed E-state index contributed by atoms with van der Waals surface area (Å²) < 4.78 is 7.13. The number of hydrogen-bond acceptors (Lipinski definition) is 4. The summed E-state index contributed by atoms with van der Waals surface area (Å²) in [5.41, 5.74) is 0.458. The number of hydrogen-bond donors (Lipinski definition) is 0. The molecule has 1 aliphatic rings. The van der Waals surface area contributed by atoms with E-state index in [1.54, 1.807) is 29.2 Å². The van der Waals surface area contributed by atoms with E-state index in [1.807, 2.05) is 0 Å². The Morgan fingerprint density at radius 3 is 3.24 bits per heavy atom. The van der Waals surface area contributed by atoms with Crippen LogP contribution < -0.4 is 5.56 Å². The summed E-state index contributed by atoms with van der Waals surface area (Å²) in [4.78, 5) is 20.4. The lowest BCUT2D eigenvalue weighted by Crippen LogP contribution is -2.26. The molecule has 0 spiro atoms. The third-order valence-corrected chi connectivity index (χ3v) is 3.02. The van der Waals surface area contributed by atoms with E-state index in [0.29, 0.717) is 17.6 Å². The molecule has 2 aromatic rings. The molecule has 1 saturated heterocycles. The van der Waals surface area contributed by atoms with Gasteiger partial charge in [-0.1, -0.05) is 0 Å². The second-order valence-corrected chi connectivity index (χ2v) is 4.21. The van der Waals surface area contributed by atoms with E-state index >= 15 is 0 Å². The minimum Gasteiger partial charge on any atom is -0.376 e. The molecule has 2 aromatic heterocycles. The molecule has 0 aromatic carbocycles. The van der Waals surface area contributed by atoms with E-state index in [-0.39, 0.29) is 11.7 Å². The highest BCUT2D eigenvalue weighted by molar-refractivity contribution is 5.72. The van der Waals surface area contributed by atoms with E-state index in [4.69, 9.17) is 4.74 Å². The summed E-state index contributed by atoms with van der Waals surface area (Å²) in [7, 11) is 0. The van der Waals surface area contributed by atoms with E-state index in [2.05, 4.69) is 9.97 Å². The van der Waals surface area contributed by atoms with Crippen LogP contribution in [0.15, 0.2) is 29.5 Å². The summed E-state index contributed by atoms with van der Waals surface area (Å²) in [5, 5.41) is 0.563. The molecule has 5 nitrogen and oxygen atoms in total. The largest absolute Gasteiger partial charge is 0.376 e. The first-order valence-electron chi connectivity index (χ1n) is 5.76. The summed E-state index contributed by atoms with van der Waals surface area (Å²) in [5.74, 6) is 0. The van der Waals surface area contributed by atoms with Crippen molar-refractivity contribution in [3.8, 4) is 0 Å². The van der Waals surface area contributed by atoms with Gasteiger partial charge >= 0.3 is 0 Å². The number of ether oxygens (including phenoxy) is 1. The summed E-state index contributed by atoms with van der Waals surface area (Å²) in [6.45, 7) is 1.37. The van der Waals surface area contributed by atoms with Gasteiger partial charge in [-0.3, -0.25) is 9.36 Å². The van der Waals surface area contributed by atoms with Crippen LogP contribution in [0.4, 0.5) is 0 Å². The first-order valence-corrected chi connectivity index (χ1v) is 5.76. The molecule has 3 rings (SSSR count). The van der Waals surface area contributed by atoms with Crippen molar-refractivity contribution in [1.82, 2.24) is 14.5 Å². The molecule has 17 heavy (non-hydrogen) atoms. The van der Waals surface area contributed by atoms with Crippen LogP contribution in [0.2, 0.25) is 0 Å². The van der Waals surface area contributed by atoms with Crippen LogP contribution in [0.3, 0.4) is 0 Å². The minimum atomic E-state index is -0.0430. The molecule has 1 atom stereocenters. The van der Waals surface area contributed by atoms with Crippen LogP contribution in [-0.2, 0) is 11.3 Å². The summed E-state index contributed by atoms with van der Waals surface area (Å²) >= 11 is 0. The van der Waals surface area contributed by atoms with Gasteiger partial charge in [0.15, 0.2) is 5.65 Å². The van der Waals surface area contributed by atoms with Crippen molar-refractivity contribution in [3.63, 3.8) is 0 Å². The first-order chi connectivity index (χ1) is 8.34. The average Bonchev–Trinajstić information content (AvgIpc) is 2.86. The molecular formula is C12H13N3O2. The van der Waals surface area contributed by atoms with Crippen molar-refractivity contribution >= 4 is 11.0 Å². The number of pyridine rings is 1. The Morgan fingerprint density at radius 1 is 1.47 bits per heavy atom. The van der Waals surface area contributed by atoms with E-state index < -0.39 is 0 Å². The van der Waals surface area contributed by atoms with Crippen LogP contribution >= 0.6 is 0 Å². The van der Waals surface area contributed by atoms with Gasteiger partial charge in [0.05, 0.1) is 18.0 Å². The number of fused-ring (bicyclic) bond motifs is 1. The third-order valence-electron chi connectivity index (χ3n) is 3.02. The van der Waals surface area contributed by atoms with Crippen LogP contribution in [0.25, 0.3) is 11.0 Å². The maximum Gasteiger partial charge on any atom is 0.262 e. The maximum absolute atomic E-state index is 12.1. The monoisotopic (exact) mass is 231 g/mol. The maximum atomic E-state index is 12.1. The second-order valence-electron chi connectivity index (χ2n) is 4.21. The minimum absolute atomic E-state index is 0.0430. The summed E-state index contributed by atoms with van der Waals surface area (Å²) in [6.07, 6.45) is 5.42. The smallest absolute Gasteiger partial charge is 0.262 e. The Bertz CT molecular complexity index is 588. The Labute approximate surface area is 98.1 Å². The zero-order valence-electron chi connectivity index (χ0n) is 9.37. The highest BCUT2D eigenvalue weighted by atomic mass is 16.5. The van der Waals surface area contributed by atoms with Gasteiger partial charge in [-0.15, -0.1) is 0 Å². The number of aromatic nitrogens is 3. The van der Waals surface area contributed by atoms with Crippen molar-refractivity contribution < 1.29 is 4.74 Å². The molecule has 5 heteroatoms. The lowest BCUT2D eigenvalue weighted by Gasteiger charge is -2.11. The Hall–Kier alpha value is -1.75. The fraction of sp³-hybridized carbons (Fsp3) is 0.417. The number of nitrogens with zero attached hydrogens (tertiary/aromatic N) is 3. The zero-order chi connectivity index (χ0) is 11.7. The highest BCUT2D eigenvalue weighted by Crippen LogP contribution is 2.13.